The van der Waals surface area contributed by atoms with Crippen molar-refractivity contribution in [2.75, 3.05) is 25.6 Å². The highest BCUT2D eigenvalue weighted by Crippen LogP contribution is 2.31. The first kappa shape index (κ1) is 20.4. The van der Waals surface area contributed by atoms with Crippen LogP contribution in [-0.4, -0.2) is 26.4 Å². The van der Waals surface area contributed by atoms with Gasteiger partial charge in [0, 0.05) is 18.3 Å². The Morgan fingerprint density at radius 1 is 0.926 bits per heavy atom. The molecule has 0 unspecified atom stereocenters. The van der Waals surface area contributed by atoms with Crippen LogP contribution in [-0.2, 0) is 6.54 Å². The third-order valence-corrected chi connectivity index (χ3v) is 3.74. The summed E-state index contributed by atoms with van der Waals surface area (Å²) in [5.74, 6) is 2.11. The highest BCUT2D eigenvalue weighted by atomic mass is 16.5. The van der Waals surface area contributed by atoms with E-state index in [1.165, 1.54) is 0 Å². The van der Waals surface area contributed by atoms with Gasteiger partial charge in [-0.2, -0.15) is 0 Å². The quantitative estimate of drug-likeness (QED) is 0.640. The second kappa shape index (κ2) is 11.0. The lowest BCUT2D eigenvalue weighted by Crippen LogP contribution is -2.28. The average molecular weight is 372 g/mol. The number of nitrogens with one attached hydrogen (secondary N) is 2. The minimum atomic E-state index is -0.283. The van der Waals surface area contributed by atoms with Crippen LogP contribution in [0, 0.1) is 0 Å². The molecule has 6 nitrogen and oxygen atoms in total. The molecule has 0 radical (unpaired) electrons. The van der Waals surface area contributed by atoms with Crippen molar-refractivity contribution in [1.29, 1.82) is 0 Å². The largest absolute Gasteiger partial charge is 0.497 e. The van der Waals surface area contributed by atoms with Crippen molar-refractivity contribution in [3.05, 3.63) is 48.0 Å². The molecule has 0 saturated carbocycles. The normalized spacial score (nSPS) is 10.2. The number of rotatable bonds is 10. The van der Waals surface area contributed by atoms with Gasteiger partial charge in [0.25, 0.3) is 0 Å². The lowest BCUT2D eigenvalue weighted by molar-refractivity contribution is 0.251. The minimum Gasteiger partial charge on any atom is -0.497 e. The molecule has 0 fully saturated rings. The Bertz CT molecular complexity index is 717. The molecule has 27 heavy (non-hydrogen) atoms. The molecule has 6 heteroatoms. The summed E-state index contributed by atoms with van der Waals surface area (Å²) in [6.45, 7) is 5.73. The van der Waals surface area contributed by atoms with Crippen LogP contribution < -0.4 is 24.8 Å². The number of carbonyl (C=O) groups is 1. The molecule has 0 atom stereocenters. The van der Waals surface area contributed by atoms with Crippen LogP contribution in [0.1, 0.15) is 32.3 Å². The lowest BCUT2D eigenvalue weighted by Gasteiger charge is -2.14. The third-order valence-electron chi connectivity index (χ3n) is 3.74. The molecular weight excluding hydrogens is 344 g/mol. The van der Waals surface area contributed by atoms with E-state index in [0.29, 0.717) is 36.9 Å². The second-order valence-corrected chi connectivity index (χ2v) is 6.01. The molecule has 2 N–H and O–H groups in total. The van der Waals surface area contributed by atoms with Crippen LogP contribution >= 0.6 is 0 Å². The Morgan fingerprint density at radius 3 is 2.22 bits per heavy atom. The molecule has 0 heterocycles. The van der Waals surface area contributed by atoms with Gasteiger partial charge in [0.05, 0.1) is 20.3 Å². The van der Waals surface area contributed by atoms with E-state index in [-0.39, 0.29) is 6.03 Å². The van der Waals surface area contributed by atoms with E-state index >= 15 is 0 Å². The van der Waals surface area contributed by atoms with E-state index in [9.17, 15) is 4.79 Å². The summed E-state index contributed by atoms with van der Waals surface area (Å²) < 4.78 is 16.6. The molecule has 0 spiro atoms. The number of carbonyl (C=O) groups excluding carboxylic acids is 1. The molecule has 0 aliphatic rings. The van der Waals surface area contributed by atoms with Crippen molar-refractivity contribution in [3.63, 3.8) is 0 Å². The van der Waals surface area contributed by atoms with E-state index in [0.717, 1.165) is 24.2 Å². The van der Waals surface area contributed by atoms with E-state index in [1.54, 1.807) is 19.2 Å². The summed E-state index contributed by atoms with van der Waals surface area (Å²) >= 11 is 0. The van der Waals surface area contributed by atoms with E-state index < -0.39 is 0 Å². The number of anilines is 1. The van der Waals surface area contributed by atoms with Crippen LogP contribution in [0.4, 0.5) is 10.5 Å². The molecule has 2 amide bonds. The summed E-state index contributed by atoms with van der Waals surface area (Å²) in [5, 5.41) is 5.66. The molecule has 0 aliphatic carbocycles. The number of methoxy groups -OCH3 is 1. The highest BCUT2D eigenvalue weighted by Gasteiger charge is 2.09. The van der Waals surface area contributed by atoms with Gasteiger partial charge >= 0.3 is 6.03 Å². The van der Waals surface area contributed by atoms with Gasteiger partial charge in [0.2, 0.25) is 0 Å². The minimum absolute atomic E-state index is 0.283. The van der Waals surface area contributed by atoms with Gasteiger partial charge in [-0.25, -0.2) is 4.79 Å². The van der Waals surface area contributed by atoms with E-state index in [1.807, 2.05) is 37.3 Å². The number of ether oxygens (including phenoxy) is 3. The fourth-order valence-corrected chi connectivity index (χ4v) is 2.34. The summed E-state index contributed by atoms with van der Waals surface area (Å²) in [6, 6.07) is 12.7. The van der Waals surface area contributed by atoms with Gasteiger partial charge in [-0.05, 0) is 42.7 Å². The van der Waals surface area contributed by atoms with E-state index in [4.69, 9.17) is 14.2 Å². The van der Waals surface area contributed by atoms with Crippen molar-refractivity contribution in [2.24, 2.45) is 0 Å². The number of hydrogen-bond acceptors (Lipinski definition) is 4. The summed E-state index contributed by atoms with van der Waals surface area (Å²) in [7, 11) is 1.62. The van der Waals surface area contributed by atoms with Gasteiger partial charge in [-0.3, -0.25) is 0 Å². The van der Waals surface area contributed by atoms with Crippen molar-refractivity contribution in [1.82, 2.24) is 5.32 Å². The Hall–Kier alpha value is -2.89. The average Bonchev–Trinajstić information content (AvgIpc) is 2.70. The van der Waals surface area contributed by atoms with Gasteiger partial charge in [-0.1, -0.05) is 26.0 Å². The van der Waals surface area contributed by atoms with Gasteiger partial charge in [-0.15, -0.1) is 0 Å². The maximum Gasteiger partial charge on any atom is 0.319 e. The molecular formula is C21H28N2O4. The van der Waals surface area contributed by atoms with Crippen molar-refractivity contribution < 1.29 is 19.0 Å². The van der Waals surface area contributed by atoms with Crippen molar-refractivity contribution in [2.45, 2.75) is 33.2 Å². The molecule has 146 valence electrons. The second-order valence-electron chi connectivity index (χ2n) is 6.01. The highest BCUT2D eigenvalue weighted by molar-refractivity contribution is 5.89. The third kappa shape index (κ3) is 6.73. The van der Waals surface area contributed by atoms with Gasteiger partial charge in [0.1, 0.15) is 5.75 Å². The fourth-order valence-electron chi connectivity index (χ4n) is 2.34. The summed E-state index contributed by atoms with van der Waals surface area (Å²) in [6.07, 6.45) is 1.81. The molecule has 0 aliphatic heterocycles. The zero-order valence-electron chi connectivity index (χ0n) is 16.2. The number of hydrogen-bond donors (Lipinski definition) is 2. The summed E-state index contributed by atoms with van der Waals surface area (Å²) in [5.41, 5.74) is 1.64. The molecule has 2 aromatic rings. The van der Waals surface area contributed by atoms with Crippen LogP contribution in [0.5, 0.6) is 17.2 Å². The van der Waals surface area contributed by atoms with Gasteiger partial charge in [0.15, 0.2) is 11.5 Å². The zero-order chi connectivity index (χ0) is 19.5. The molecule has 2 rings (SSSR count). The Labute approximate surface area is 160 Å². The standard InChI is InChI=1S/C21H28N2O4/c1-4-12-26-19-11-8-17(14-20(19)27-13-5-2)23-21(24)22-15-16-6-9-18(25-3)10-7-16/h6-11,14H,4-5,12-13,15H2,1-3H3,(H2,22,23,24). The predicted octanol–water partition coefficient (Wildman–Crippen LogP) is 4.59. The first-order valence-corrected chi connectivity index (χ1v) is 9.23. The van der Waals surface area contributed by atoms with Gasteiger partial charge < -0.3 is 24.8 Å². The summed E-state index contributed by atoms with van der Waals surface area (Å²) in [4.78, 5) is 12.2. The molecule has 0 bridgehead atoms. The fraction of sp³-hybridized carbons (Fsp3) is 0.381. The number of benzene rings is 2. The Kier molecular flexibility index (Phi) is 8.29. The molecule has 2 aromatic carbocycles. The number of urea groups is 1. The maximum atomic E-state index is 12.2. The molecule has 0 saturated heterocycles. The van der Waals surface area contributed by atoms with Crippen molar-refractivity contribution in [3.8, 4) is 17.2 Å². The lowest BCUT2D eigenvalue weighted by atomic mass is 10.2. The van der Waals surface area contributed by atoms with E-state index in [2.05, 4.69) is 17.6 Å². The van der Waals surface area contributed by atoms with Crippen molar-refractivity contribution >= 4 is 11.7 Å². The zero-order valence-corrected chi connectivity index (χ0v) is 16.2. The SMILES string of the molecule is CCCOc1ccc(NC(=O)NCc2ccc(OC)cc2)cc1OCCC. The van der Waals surface area contributed by atoms with Crippen LogP contribution in [0.2, 0.25) is 0 Å². The smallest absolute Gasteiger partial charge is 0.319 e. The first-order valence-electron chi connectivity index (χ1n) is 9.23. The molecule has 0 aromatic heterocycles. The first-order chi connectivity index (χ1) is 13.2. The predicted molar refractivity (Wildman–Crippen MR) is 107 cm³/mol. The topological polar surface area (TPSA) is 68.8 Å². The monoisotopic (exact) mass is 372 g/mol. The van der Waals surface area contributed by atoms with Crippen LogP contribution in [0.15, 0.2) is 42.5 Å². The van der Waals surface area contributed by atoms with Crippen LogP contribution in [0.3, 0.4) is 0 Å². The number of amides is 2. The Balaban J connectivity index is 1.94. The maximum absolute atomic E-state index is 12.2. The van der Waals surface area contributed by atoms with Crippen LogP contribution in [0.25, 0.3) is 0 Å². The Morgan fingerprint density at radius 2 is 1.59 bits per heavy atom.